The van der Waals surface area contributed by atoms with E-state index in [-0.39, 0.29) is 11.7 Å². The molecular weight excluding hydrogens is 252 g/mol. The Labute approximate surface area is 117 Å². The summed E-state index contributed by atoms with van der Waals surface area (Å²) in [5.41, 5.74) is 5.27. The molecule has 1 aliphatic rings. The zero-order chi connectivity index (χ0) is 14.4. The van der Waals surface area contributed by atoms with Gasteiger partial charge in [-0.15, -0.1) is 0 Å². The maximum absolute atomic E-state index is 12.4. The quantitative estimate of drug-likeness (QED) is 0.781. The highest BCUT2D eigenvalue weighted by atomic mass is 16.3. The fraction of sp³-hybridized carbons (Fsp3) is 0.188. The van der Waals surface area contributed by atoms with Gasteiger partial charge in [-0.25, -0.2) is 0 Å². The Bertz CT molecular complexity index is 741. The Morgan fingerprint density at radius 2 is 2.00 bits per heavy atom. The largest absolute Gasteiger partial charge is 0.508 e. The van der Waals surface area contributed by atoms with Crippen molar-refractivity contribution in [1.29, 1.82) is 0 Å². The van der Waals surface area contributed by atoms with E-state index in [9.17, 15) is 9.90 Å². The number of aromatic amines is 1. The molecule has 0 saturated carbocycles. The lowest BCUT2D eigenvalue weighted by Gasteiger charge is -2.08. The van der Waals surface area contributed by atoms with Crippen molar-refractivity contribution < 1.29 is 9.90 Å². The molecule has 0 fully saturated rings. The van der Waals surface area contributed by atoms with Gasteiger partial charge in [0.25, 0.3) is 5.91 Å². The first-order valence-electron chi connectivity index (χ1n) is 6.46. The van der Waals surface area contributed by atoms with E-state index < -0.39 is 0 Å². The summed E-state index contributed by atoms with van der Waals surface area (Å²) < 4.78 is 0. The third-order valence-electron chi connectivity index (χ3n) is 3.65. The van der Waals surface area contributed by atoms with Crippen molar-refractivity contribution in [3.8, 4) is 5.75 Å². The van der Waals surface area contributed by atoms with Crippen molar-refractivity contribution in [2.24, 2.45) is 0 Å². The molecule has 4 nitrogen and oxygen atoms in total. The standard InChI is InChI=1S/C16H16N2O2/c1-9-6-10(2)17-14(9)8-13-12-7-11(19)4-5-15(12)18(3)16(13)20/h4-8,17,19H,1-3H3. The van der Waals surface area contributed by atoms with Gasteiger partial charge in [0.15, 0.2) is 0 Å². The van der Waals surface area contributed by atoms with E-state index in [1.54, 1.807) is 30.1 Å². The maximum atomic E-state index is 12.4. The van der Waals surface area contributed by atoms with Crippen LogP contribution in [-0.2, 0) is 4.79 Å². The number of fused-ring (bicyclic) bond motifs is 1. The number of amides is 1. The van der Waals surface area contributed by atoms with E-state index in [0.29, 0.717) is 5.57 Å². The van der Waals surface area contributed by atoms with Gasteiger partial charge in [-0.1, -0.05) is 0 Å². The molecule has 1 amide bonds. The molecule has 2 heterocycles. The Morgan fingerprint density at radius 3 is 2.65 bits per heavy atom. The number of anilines is 1. The number of nitrogens with one attached hydrogen (secondary N) is 1. The molecule has 4 heteroatoms. The van der Waals surface area contributed by atoms with E-state index in [0.717, 1.165) is 28.2 Å². The molecule has 0 radical (unpaired) electrons. The molecule has 0 spiro atoms. The Morgan fingerprint density at radius 1 is 1.25 bits per heavy atom. The minimum Gasteiger partial charge on any atom is -0.508 e. The van der Waals surface area contributed by atoms with Gasteiger partial charge in [0.05, 0.1) is 11.3 Å². The topological polar surface area (TPSA) is 56.3 Å². The molecule has 2 N–H and O–H groups in total. The van der Waals surface area contributed by atoms with Crippen molar-refractivity contribution in [1.82, 2.24) is 4.98 Å². The molecule has 20 heavy (non-hydrogen) atoms. The molecule has 1 aliphatic heterocycles. The normalized spacial score (nSPS) is 16.1. The van der Waals surface area contributed by atoms with E-state index >= 15 is 0 Å². The third kappa shape index (κ3) is 1.81. The van der Waals surface area contributed by atoms with Gasteiger partial charge in [0.2, 0.25) is 0 Å². The smallest absolute Gasteiger partial charge is 0.258 e. The number of H-pyrrole nitrogens is 1. The van der Waals surface area contributed by atoms with Crippen molar-refractivity contribution in [3.05, 3.63) is 46.8 Å². The van der Waals surface area contributed by atoms with E-state index in [1.165, 1.54) is 0 Å². The van der Waals surface area contributed by atoms with Crippen LogP contribution in [-0.4, -0.2) is 23.0 Å². The number of benzene rings is 1. The highest BCUT2D eigenvalue weighted by Gasteiger charge is 2.30. The van der Waals surface area contributed by atoms with Crippen LogP contribution in [0.4, 0.5) is 5.69 Å². The van der Waals surface area contributed by atoms with Crippen LogP contribution < -0.4 is 4.90 Å². The highest BCUT2D eigenvalue weighted by molar-refractivity contribution is 6.35. The van der Waals surface area contributed by atoms with Crippen molar-refractivity contribution >= 4 is 23.2 Å². The third-order valence-corrected chi connectivity index (χ3v) is 3.65. The van der Waals surface area contributed by atoms with Crippen LogP contribution in [0.3, 0.4) is 0 Å². The molecule has 0 atom stereocenters. The van der Waals surface area contributed by atoms with Crippen LogP contribution in [0, 0.1) is 13.8 Å². The number of likely N-dealkylation sites (N-methyl/N-ethyl adjacent to an activating group) is 1. The minimum atomic E-state index is -0.0581. The molecule has 0 unspecified atom stereocenters. The molecule has 2 aromatic rings. The molecule has 0 aliphatic carbocycles. The van der Waals surface area contributed by atoms with Gasteiger partial charge in [-0.2, -0.15) is 0 Å². The second-order valence-corrected chi connectivity index (χ2v) is 5.17. The summed E-state index contributed by atoms with van der Waals surface area (Å²) in [5.74, 6) is 0.106. The predicted molar refractivity (Wildman–Crippen MR) is 79.7 cm³/mol. The number of rotatable bonds is 1. The van der Waals surface area contributed by atoms with Crippen LogP contribution in [0.5, 0.6) is 5.75 Å². The Balaban J connectivity index is 2.18. The lowest BCUT2D eigenvalue weighted by molar-refractivity contribution is -0.112. The predicted octanol–water partition coefficient (Wildman–Crippen LogP) is 2.85. The summed E-state index contributed by atoms with van der Waals surface area (Å²) in [4.78, 5) is 17.2. The molecule has 102 valence electrons. The van der Waals surface area contributed by atoms with Gasteiger partial charge in [0, 0.05) is 24.0 Å². The molecule has 0 bridgehead atoms. The highest BCUT2D eigenvalue weighted by Crippen LogP contribution is 2.38. The summed E-state index contributed by atoms with van der Waals surface area (Å²) >= 11 is 0. The van der Waals surface area contributed by atoms with Crippen molar-refractivity contribution in [2.45, 2.75) is 13.8 Å². The van der Waals surface area contributed by atoms with Crippen LogP contribution >= 0.6 is 0 Å². The lowest BCUT2D eigenvalue weighted by Crippen LogP contribution is -2.20. The fourth-order valence-corrected chi connectivity index (χ4v) is 2.62. The SMILES string of the molecule is Cc1cc(C)c(C=C2C(=O)N(C)c3ccc(O)cc32)[nH]1. The second-order valence-electron chi connectivity index (χ2n) is 5.17. The Kier molecular flexibility index (Phi) is 2.67. The lowest BCUT2D eigenvalue weighted by atomic mass is 10.0. The first kappa shape index (κ1) is 12.5. The second kappa shape index (κ2) is 4.27. The molecule has 1 aromatic carbocycles. The molecule has 3 rings (SSSR count). The number of carbonyl (C=O) groups is 1. The first-order chi connectivity index (χ1) is 9.47. The zero-order valence-corrected chi connectivity index (χ0v) is 11.7. The number of aromatic nitrogens is 1. The van der Waals surface area contributed by atoms with Gasteiger partial charge >= 0.3 is 0 Å². The molecular formula is C16H16N2O2. The number of carbonyl (C=O) groups excluding carboxylic acids is 1. The monoisotopic (exact) mass is 268 g/mol. The van der Waals surface area contributed by atoms with Crippen molar-refractivity contribution in [3.63, 3.8) is 0 Å². The van der Waals surface area contributed by atoms with Crippen molar-refractivity contribution in [2.75, 3.05) is 11.9 Å². The average molecular weight is 268 g/mol. The van der Waals surface area contributed by atoms with E-state index in [4.69, 9.17) is 0 Å². The van der Waals surface area contributed by atoms with E-state index in [1.807, 2.05) is 26.0 Å². The van der Waals surface area contributed by atoms with E-state index in [2.05, 4.69) is 4.98 Å². The summed E-state index contributed by atoms with van der Waals surface area (Å²) in [7, 11) is 1.74. The fourth-order valence-electron chi connectivity index (χ4n) is 2.62. The Hall–Kier alpha value is -2.49. The number of nitrogens with zero attached hydrogens (tertiary/aromatic N) is 1. The number of hydrogen-bond donors (Lipinski definition) is 2. The number of phenolic OH excluding ortho intramolecular Hbond substituents is 1. The van der Waals surface area contributed by atoms with Gasteiger partial charge in [-0.05, 0) is 49.8 Å². The van der Waals surface area contributed by atoms with Gasteiger partial charge < -0.3 is 15.0 Å². The first-order valence-corrected chi connectivity index (χ1v) is 6.46. The zero-order valence-electron chi connectivity index (χ0n) is 11.7. The molecule has 1 aromatic heterocycles. The number of aryl methyl sites for hydroxylation is 2. The number of hydrogen-bond acceptors (Lipinski definition) is 2. The van der Waals surface area contributed by atoms with Crippen LogP contribution in [0.15, 0.2) is 24.3 Å². The summed E-state index contributed by atoms with van der Waals surface area (Å²) in [6, 6.07) is 7.03. The van der Waals surface area contributed by atoms with Crippen LogP contribution in [0.25, 0.3) is 11.6 Å². The summed E-state index contributed by atoms with van der Waals surface area (Å²) in [6.07, 6.45) is 1.85. The number of phenols is 1. The van der Waals surface area contributed by atoms with Gasteiger partial charge in [-0.3, -0.25) is 4.79 Å². The maximum Gasteiger partial charge on any atom is 0.258 e. The minimum absolute atomic E-state index is 0.0581. The number of aromatic hydroxyl groups is 1. The average Bonchev–Trinajstić information content (AvgIpc) is 2.82. The van der Waals surface area contributed by atoms with Gasteiger partial charge in [0.1, 0.15) is 5.75 Å². The van der Waals surface area contributed by atoms with Crippen LogP contribution in [0.1, 0.15) is 22.5 Å². The summed E-state index contributed by atoms with van der Waals surface area (Å²) in [5, 5.41) is 9.65. The van der Waals surface area contributed by atoms with Crippen LogP contribution in [0.2, 0.25) is 0 Å². The molecule has 0 saturated heterocycles. The summed E-state index contributed by atoms with van der Waals surface area (Å²) in [6.45, 7) is 3.99.